The van der Waals surface area contributed by atoms with Gasteiger partial charge in [0.1, 0.15) is 30.5 Å². The number of hydrogen-bond donors (Lipinski definition) is 2. The summed E-state index contributed by atoms with van der Waals surface area (Å²) in [6.45, 7) is 7.11. The first-order chi connectivity index (χ1) is 20.0. The fourth-order valence-electron chi connectivity index (χ4n) is 4.56. The fourth-order valence-corrected chi connectivity index (χ4v) is 4.56. The van der Waals surface area contributed by atoms with E-state index in [2.05, 4.69) is 11.5 Å². The van der Waals surface area contributed by atoms with E-state index in [1.807, 2.05) is 42.5 Å². The van der Waals surface area contributed by atoms with Crippen molar-refractivity contribution in [1.82, 2.24) is 4.57 Å². The van der Waals surface area contributed by atoms with E-state index in [0.29, 0.717) is 52.8 Å². The topological polar surface area (TPSA) is 109 Å². The van der Waals surface area contributed by atoms with Crippen molar-refractivity contribution in [2.75, 3.05) is 52.9 Å². The molecule has 0 fully saturated rings. The third kappa shape index (κ3) is 8.47. The molecule has 0 aliphatic carbocycles. The predicted octanol–water partition coefficient (Wildman–Crippen LogP) is 5.07. The van der Waals surface area contributed by atoms with E-state index in [1.165, 1.54) is 0 Å². The quantitative estimate of drug-likeness (QED) is 0.144. The number of benzene rings is 3. The molecule has 0 saturated carbocycles. The minimum atomic E-state index is -0.378. The number of phenols is 2. The van der Waals surface area contributed by atoms with Crippen molar-refractivity contribution >= 4 is 16.9 Å². The molecular weight excluding hydrogens is 526 g/mol. The number of aryl methyl sites for hydroxylation is 1. The van der Waals surface area contributed by atoms with Gasteiger partial charge in [0, 0.05) is 17.4 Å². The van der Waals surface area contributed by atoms with Gasteiger partial charge in [0.2, 0.25) is 0 Å². The summed E-state index contributed by atoms with van der Waals surface area (Å²) in [6, 6.07) is 20.6. The van der Waals surface area contributed by atoms with Crippen LogP contribution in [0.4, 0.5) is 0 Å². The second kappa shape index (κ2) is 15.1. The number of ether oxygens (including phenoxy) is 5. The third-order valence-corrected chi connectivity index (χ3v) is 6.47. The van der Waals surface area contributed by atoms with Gasteiger partial charge < -0.3 is 38.5 Å². The zero-order valence-corrected chi connectivity index (χ0v) is 23.5. The number of carbonyl (C=O) groups excluding carboxylic acids is 1. The third-order valence-electron chi connectivity index (χ3n) is 6.47. The summed E-state index contributed by atoms with van der Waals surface area (Å²) in [7, 11) is 0. The van der Waals surface area contributed by atoms with Crippen molar-refractivity contribution in [1.29, 1.82) is 0 Å². The Kier molecular flexibility index (Phi) is 11.0. The van der Waals surface area contributed by atoms with Gasteiger partial charge in [-0.2, -0.15) is 0 Å². The van der Waals surface area contributed by atoms with Gasteiger partial charge in [-0.3, -0.25) is 0 Å². The molecule has 4 rings (SSSR count). The number of fused-ring (bicyclic) bond motifs is 1. The van der Waals surface area contributed by atoms with Crippen molar-refractivity contribution < 1.29 is 38.7 Å². The lowest BCUT2D eigenvalue weighted by molar-refractivity contribution is -0.149. The van der Waals surface area contributed by atoms with Gasteiger partial charge in [0.05, 0.1) is 45.3 Å². The molecule has 0 aliphatic heterocycles. The molecule has 1 heterocycles. The Bertz CT molecular complexity index is 1400. The van der Waals surface area contributed by atoms with Gasteiger partial charge in [-0.1, -0.05) is 12.1 Å². The molecule has 41 heavy (non-hydrogen) atoms. The summed E-state index contributed by atoms with van der Waals surface area (Å²) in [4.78, 5) is 11.2. The molecule has 9 heteroatoms. The van der Waals surface area contributed by atoms with Crippen molar-refractivity contribution in [3.63, 3.8) is 0 Å². The van der Waals surface area contributed by atoms with E-state index >= 15 is 0 Å². The maximum absolute atomic E-state index is 11.2. The number of rotatable bonds is 16. The number of aromatic nitrogens is 1. The van der Waals surface area contributed by atoms with E-state index in [-0.39, 0.29) is 24.1 Å². The zero-order valence-electron chi connectivity index (χ0n) is 23.5. The highest BCUT2D eigenvalue weighted by atomic mass is 16.6. The minimum Gasteiger partial charge on any atom is -0.508 e. The standard InChI is InChI=1S/C32H37NO8/c1-3-40-31(36)22-39-17-16-37-14-15-38-18-19-41-28-11-4-24(5-12-28)21-33-30-13-10-27(35)20-29(30)23(2)32(33)25-6-8-26(34)9-7-25/h4-13,20,34-35H,3,14-19,21-22H2,1-2H3. The Balaban J connectivity index is 1.24. The van der Waals surface area contributed by atoms with Gasteiger partial charge >= 0.3 is 5.97 Å². The number of carbonyl (C=O) groups is 1. The summed E-state index contributed by atoms with van der Waals surface area (Å²) in [5, 5.41) is 20.9. The molecule has 4 aromatic rings. The van der Waals surface area contributed by atoms with Crippen LogP contribution in [0.2, 0.25) is 0 Å². The smallest absolute Gasteiger partial charge is 0.332 e. The molecule has 2 N–H and O–H groups in total. The van der Waals surface area contributed by atoms with Crippen LogP contribution in [0.1, 0.15) is 18.1 Å². The maximum atomic E-state index is 11.2. The molecule has 3 aromatic carbocycles. The van der Waals surface area contributed by atoms with Crippen molar-refractivity contribution in [2.24, 2.45) is 0 Å². The van der Waals surface area contributed by atoms with Crippen LogP contribution in [0, 0.1) is 6.92 Å². The van der Waals surface area contributed by atoms with Gasteiger partial charge in [0.25, 0.3) is 0 Å². The number of nitrogens with zero attached hydrogens (tertiary/aromatic N) is 1. The second-order valence-electron chi connectivity index (χ2n) is 9.38. The number of hydrogen-bond acceptors (Lipinski definition) is 8. The first-order valence-corrected chi connectivity index (χ1v) is 13.7. The highest BCUT2D eigenvalue weighted by Crippen LogP contribution is 2.36. The van der Waals surface area contributed by atoms with Crippen molar-refractivity contribution in [3.05, 3.63) is 77.9 Å². The molecule has 0 aliphatic rings. The lowest BCUT2D eigenvalue weighted by atomic mass is 10.1. The molecule has 0 bridgehead atoms. The van der Waals surface area contributed by atoms with Crippen molar-refractivity contribution in [2.45, 2.75) is 20.4 Å². The summed E-state index contributed by atoms with van der Waals surface area (Å²) < 4.78 is 28.9. The minimum absolute atomic E-state index is 0.0683. The van der Waals surface area contributed by atoms with E-state index in [0.717, 1.165) is 39.0 Å². The van der Waals surface area contributed by atoms with E-state index in [9.17, 15) is 15.0 Å². The molecular formula is C32H37NO8. The van der Waals surface area contributed by atoms with E-state index in [4.69, 9.17) is 23.7 Å². The van der Waals surface area contributed by atoms with Crippen LogP contribution in [0.3, 0.4) is 0 Å². The van der Waals surface area contributed by atoms with Gasteiger partial charge in [-0.25, -0.2) is 4.79 Å². The first kappa shape index (κ1) is 29.9. The fraction of sp³-hybridized carbons (Fsp3) is 0.344. The molecule has 0 unspecified atom stereocenters. The Labute approximate surface area is 239 Å². The number of esters is 1. The Morgan fingerprint density at radius 1 is 0.780 bits per heavy atom. The summed E-state index contributed by atoms with van der Waals surface area (Å²) in [5.41, 5.74) is 5.21. The molecule has 0 radical (unpaired) electrons. The van der Waals surface area contributed by atoms with E-state index < -0.39 is 0 Å². The Morgan fingerprint density at radius 3 is 2.10 bits per heavy atom. The van der Waals surface area contributed by atoms with Crippen LogP contribution in [0.25, 0.3) is 22.2 Å². The summed E-state index contributed by atoms with van der Waals surface area (Å²) >= 11 is 0. The molecule has 0 saturated heterocycles. The van der Waals surface area contributed by atoms with Crippen LogP contribution in [0.15, 0.2) is 66.7 Å². The molecule has 218 valence electrons. The largest absolute Gasteiger partial charge is 0.508 e. The average Bonchev–Trinajstić information content (AvgIpc) is 3.23. The van der Waals surface area contributed by atoms with Crippen molar-refractivity contribution in [3.8, 4) is 28.5 Å². The Hall–Kier alpha value is -4.05. The van der Waals surface area contributed by atoms with Gasteiger partial charge in [-0.05, 0) is 85.1 Å². The van der Waals surface area contributed by atoms with Crippen LogP contribution < -0.4 is 4.74 Å². The lowest BCUT2D eigenvalue weighted by Crippen LogP contribution is -2.16. The van der Waals surface area contributed by atoms with Gasteiger partial charge in [0.15, 0.2) is 0 Å². The van der Waals surface area contributed by atoms with Crippen LogP contribution in [-0.4, -0.2) is 73.6 Å². The summed E-state index contributed by atoms with van der Waals surface area (Å²) in [6.07, 6.45) is 0. The average molecular weight is 564 g/mol. The second-order valence-corrected chi connectivity index (χ2v) is 9.38. The molecule has 0 amide bonds. The number of phenolic OH excluding ortho intramolecular Hbond substituents is 2. The lowest BCUT2D eigenvalue weighted by Gasteiger charge is -2.13. The molecule has 0 spiro atoms. The predicted molar refractivity (Wildman–Crippen MR) is 156 cm³/mol. The van der Waals surface area contributed by atoms with Crippen LogP contribution in [0.5, 0.6) is 17.2 Å². The molecule has 9 nitrogen and oxygen atoms in total. The molecule has 1 aromatic heterocycles. The SMILES string of the molecule is CCOC(=O)COCCOCCOCCOc1ccc(Cn2c(-c3ccc(O)cc3)c(C)c3cc(O)ccc32)cc1. The van der Waals surface area contributed by atoms with Gasteiger partial charge in [-0.15, -0.1) is 0 Å². The van der Waals surface area contributed by atoms with Crippen LogP contribution >= 0.6 is 0 Å². The zero-order chi connectivity index (χ0) is 29.0. The first-order valence-electron chi connectivity index (χ1n) is 13.7. The Morgan fingerprint density at radius 2 is 1.41 bits per heavy atom. The normalized spacial score (nSPS) is 11.2. The van der Waals surface area contributed by atoms with Crippen LogP contribution in [-0.2, 0) is 30.3 Å². The molecule has 0 atom stereocenters. The number of aromatic hydroxyl groups is 2. The highest BCUT2D eigenvalue weighted by molar-refractivity contribution is 5.92. The monoisotopic (exact) mass is 563 g/mol. The highest BCUT2D eigenvalue weighted by Gasteiger charge is 2.17. The summed E-state index contributed by atoms with van der Waals surface area (Å²) in [5.74, 6) is 0.822. The maximum Gasteiger partial charge on any atom is 0.332 e. The van der Waals surface area contributed by atoms with E-state index in [1.54, 1.807) is 31.2 Å².